The fourth-order valence-electron chi connectivity index (χ4n) is 1.66. The molecule has 0 unspecified atom stereocenters. The van der Waals surface area contributed by atoms with Gasteiger partial charge in [-0.25, -0.2) is 4.98 Å². The molecule has 2 aromatic rings. The van der Waals surface area contributed by atoms with Gasteiger partial charge in [-0.1, -0.05) is 17.7 Å². The lowest BCUT2D eigenvalue weighted by Gasteiger charge is -2.14. The zero-order valence-electron chi connectivity index (χ0n) is 11.8. The number of carbonyl (C=O) groups excluding carboxylic acids is 1. The third kappa shape index (κ3) is 4.06. The molecule has 106 valence electrons. The summed E-state index contributed by atoms with van der Waals surface area (Å²) in [7, 11) is 0. The van der Waals surface area contributed by atoms with Gasteiger partial charge in [0.25, 0.3) is 5.91 Å². The highest BCUT2D eigenvalue weighted by molar-refractivity contribution is 7.09. The average Bonchev–Trinajstić information content (AvgIpc) is 2.84. The fraction of sp³-hybridized carbons (Fsp3) is 0.333. The summed E-state index contributed by atoms with van der Waals surface area (Å²) in [4.78, 5) is 16.2. The van der Waals surface area contributed by atoms with Crippen LogP contribution in [0, 0.1) is 13.8 Å². The summed E-state index contributed by atoms with van der Waals surface area (Å²) < 4.78 is 5.60. The highest BCUT2D eigenvalue weighted by Gasteiger charge is 2.14. The van der Waals surface area contributed by atoms with E-state index < -0.39 is 6.10 Å². The first-order chi connectivity index (χ1) is 9.54. The number of nitrogens with one attached hydrogen (secondary N) is 1. The third-order valence-electron chi connectivity index (χ3n) is 2.78. The van der Waals surface area contributed by atoms with Crippen molar-refractivity contribution in [3.05, 3.63) is 45.9 Å². The molecular weight excluding hydrogens is 272 g/mol. The number of aromatic nitrogens is 1. The smallest absolute Gasteiger partial charge is 0.261 e. The Morgan fingerprint density at radius 3 is 2.65 bits per heavy atom. The lowest BCUT2D eigenvalue weighted by molar-refractivity contribution is -0.127. The lowest BCUT2D eigenvalue weighted by atomic mass is 10.2. The van der Waals surface area contributed by atoms with Crippen LogP contribution in [0.25, 0.3) is 0 Å². The van der Waals surface area contributed by atoms with E-state index in [2.05, 4.69) is 10.3 Å². The number of ether oxygens (including phenoxy) is 1. The summed E-state index contributed by atoms with van der Waals surface area (Å²) in [5.41, 5.74) is 2.14. The number of rotatable bonds is 5. The summed E-state index contributed by atoms with van der Waals surface area (Å²) in [6.07, 6.45) is -0.529. The van der Waals surface area contributed by atoms with E-state index in [1.54, 1.807) is 18.3 Å². The summed E-state index contributed by atoms with van der Waals surface area (Å²) in [6.45, 7) is 6.13. The molecule has 0 saturated heterocycles. The van der Waals surface area contributed by atoms with E-state index in [1.165, 1.54) is 0 Å². The minimum atomic E-state index is -0.529. The Morgan fingerprint density at radius 1 is 1.35 bits per heavy atom. The maximum absolute atomic E-state index is 11.9. The molecular formula is C15H18N2O2S. The molecule has 1 aromatic carbocycles. The number of amides is 1. The highest BCUT2D eigenvalue weighted by atomic mass is 32.1. The highest BCUT2D eigenvalue weighted by Crippen LogP contribution is 2.13. The first-order valence-corrected chi connectivity index (χ1v) is 7.34. The van der Waals surface area contributed by atoms with Crippen LogP contribution in [0.4, 0.5) is 0 Å². The number of benzene rings is 1. The predicted octanol–water partition coefficient (Wildman–Crippen LogP) is 2.84. The summed E-state index contributed by atoms with van der Waals surface area (Å²) in [5.74, 6) is 0.557. The summed E-state index contributed by atoms with van der Waals surface area (Å²) in [5, 5.41) is 5.69. The number of hydrogen-bond donors (Lipinski definition) is 1. The van der Waals surface area contributed by atoms with Crippen LogP contribution in [0.3, 0.4) is 0 Å². The minimum Gasteiger partial charge on any atom is -0.481 e. The van der Waals surface area contributed by atoms with E-state index in [4.69, 9.17) is 4.74 Å². The van der Waals surface area contributed by atoms with E-state index in [0.29, 0.717) is 12.3 Å². The van der Waals surface area contributed by atoms with Gasteiger partial charge in [-0.3, -0.25) is 4.79 Å². The van der Waals surface area contributed by atoms with Crippen molar-refractivity contribution in [3.63, 3.8) is 0 Å². The first kappa shape index (κ1) is 14.5. The number of hydrogen-bond acceptors (Lipinski definition) is 4. The van der Waals surface area contributed by atoms with Crippen molar-refractivity contribution in [2.75, 3.05) is 0 Å². The Bertz CT molecular complexity index is 578. The van der Waals surface area contributed by atoms with E-state index in [0.717, 1.165) is 16.3 Å². The second-order valence-electron chi connectivity index (χ2n) is 4.67. The molecule has 0 spiro atoms. The molecule has 0 bridgehead atoms. The number of aryl methyl sites for hydroxylation is 2. The summed E-state index contributed by atoms with van der Waals surface area (Å²) >= 11 is 1.54. The van der Waals surface area contributed by atoms with Gasteiger partial charge in [-0.2, -0.15) is 0 Å². The van der Waals surface area contributed by atoms with Crippen LogP contribution in [-0.4, -0.2) is 17.0 Å². The van der Waals surface area contributed by atoms with Crippen molar-refractivity contribution < 1.29 is 9.53 Å². The van der Waals surface area contributed by atoms with Gasteiger partial charge < -0.3 is 10.1 Å². The van der Waals surface area contributed by atoms with Gasteiger partial charge in [-0.15, -0.1) is 11.3 Å². The van der Waals surface area contributed by atoms with Gasteiger partial charge in [0.1, 0.15) is 10.8 Å². The molecule has 0 radical (unpaired) electrons. The largest absolute Gasteiger partial charge is 0.481 e. The van der Waals surface area contributed by atoms with Crippen molar-refractivity contribution in [3.8, 4) is 5.75 Å². The van der Waals surface area contributed by atoms with Gasteiger partial charge in [0.2, 0.25) is 0 Å². The van der Waals surface area contributed by atoms with E-state index in [9.17, 15) is 4.79 Å². The third-order valence-corrected chi connectivity index (χ3v) is 3.75. The number of thiazole rings is 1. The van der Waals surface area contributed by atoms with Gasteiger partial charge in [-0.05, 0) is 32.9 Å². The zero-order chi connectivity index (χ0) is 14.5. The molecule has 5 heteroatoms. The normalized spacial score (nSPS) is 11.9. The van der Waals surface area contributed by atoms with Crippen molar-refractivity contribution in [2.45, 2.75) is 33.4 Å². The number of nitrogens with zero attached hydrogens (tertiary/aromatic N) is 1. The Morgan fingerprint density at radius 2 is 2.05 bits per heavy atom. The zero-order valence-corrected chi connectivity index (χ0v) is 12.7. The van der Waals surface area contributed by atoms with E-state index >= 15 is 0 Å². The molecule has 4 nitrogen and oxygen atoms in total. The van der Waals surface area contributed by atoms with Crippen LogP contribution in [0.5, 0.6) is 5.75 Å². The lowest BCUT2D eigenvalue weighted by Crippen LogP contribution is -2.35. The Hall–Kier alpha value is -1.88. The fourth-order valence-corrected chi connectivity index (χ4v) is 2.38. The molecule has 1 aromatic heterocycles. The Kier molecular flexibility index (Phi) is 4.74. The molecule has 0 aliphatic carbocycles. The topological polar surface area (TPSA) is 51.2 Å². The monoisotopic (exact) mass is 290 g/mol. The quantitative estimate of drug-likeness (QED) is 0.921. The van der Waals surface area contributed by atoms with Crippen LogP contribution >= 0.6 is 11.3 Å². The Balaban J connectivity index is 1.84. The van der Waals surface area contributed by atoms with Crippen LogP contribution in [0.15, 0.2) is 29.6 Å². The van der Waals surface area contributed by atoms with Crippen molar-refractivity contribution in [1.82, 2.24) is 10.3 Å². The first-order valence-electron chi connectivity index (χ1n) is 6.46. The molecule has 1 atom stereocenters. The summed E-state index contributed by atoms with van der Waals surface area (Å²) in [6, 6.07) is 7.64. The average molecular weight is 290 g/mol. The molecule has 1 amide bonds. The van der Waals surface area contributed by atoms with Crippen LogP contribution < -0.4 is 10.1 Å². The maximum atomic E-state index is 11.9. The van der Waals surface area contributed by atoms with Crippen LogP contribution in [0.2, 0.25) is 0 Å². The predicted molar refractivity (Wildman–Crippen MR) is 80.0 cm³/mol. The maximum Gasteiger partial charge on any atom is 0.261 e. The van der Waals surface area contributed by atoms with E-state index in [-0.39, 0.29) is 5.91 Å². The molecule has 0 aliphatic rings. The molecule has 0 saturated carbocycles. The molecule has 20 heavy (non-hydrogen) atoms. The van der Waals surface area contributed by atoms with Gasteiger partial charge >= 0.3 is 0 Å². The Labute approximate surface area is 122 Å². The molecule has 0 aliphatic heterocycles. The molecule has 2 rings (SSSR count). The van der Waals surface area contributed by atoms with E-state index in [1.807, 2.05) is 43.5 Å². The van der Waals surface area contributed by atoms with Crippen LogP contribution in [0.1, 0.15) is 23.2 Å². The van der Waals surface area contributed by atoms with Gasteiger partial charge in [0.15, 0.2) is 6.10 Å². The minimum absolute atomic E-state index is 0.140. The standard InChI is InChI=1S/C15H18N2O2S/c1-10-4-6-13(7-5-10)19-12(3)15(18)16-8-14-17-11(2)9-20-14/h4-7,9,12H,8H2,1-3H3,(H,16,18)/t12-/m0/s1. The molecule has 0 fully saturated rings. The van der Waals surface area contributed by atoms with Crippen molar-refractivity contribution in [1.29, 1.82) is 0 Å². The number of carbonyl (C=O) groups is 1. The van der Waals surface area contributed by atoms with Gasteiger partial charge in [0.05, 0.1) is 6.54 Å². The second kappa shape index (κ2) is 6.52. The van der Waals surface area contributed by atoms with Gasteiger partial charge in [0, 0.05) is 11.1 Å². The van der Waals surface area contributed by atoms with Crippen molar-refractivity contribution >= 4 is 17.2 Å². The SMILES string of the molecule is Cc1ccc(O[C@@H](C)C(=O)NCc2nc(C)cs2)cc1. The second-order valence-corrected chi connectivity index (χ2v) is 5.62. The van der Waals surface area contributed by atoms with Crippen LogP contribution in [-0.2, 0) is 11.3 Å². The molecule has 1 N–H and O–H groups in total. The van der Waals surface area contributed by atoms with Crippen molar-refractivity contribution in [2.24, 2.45) is 0 Å². The molecule has 1 heterocycles.